The zero-order chi connectivity index (χ0) is 13.0. The second kappa shape index (κ2) is 6.22. The highest BCUT2D eigenvalue weighted by molar-refractivity contribution is 8.00. The maximum Gasteiger partial charge on any atom is 0.156 e. The normalized spacial score (nSPS) is 22.1. The van der Waals surface area contributed by atoms with E-state index in [1.54, 1.807) is 11.8 Å². The monoisotopic (exact) mass is 266 g/mol. The molecule has 0 fully saturated rings. The Morgan fingerprint density at radius 1 is 1.44 bits per heavy atom. The number of carbonyl (C=O) groups excluding carboxylic acids is 1. The summed E-state index contributed by atoms with van der Waals surface area (Å²) in [5.41, 5.74) is 6.75. The number of para-hydroxylation sites is 1. The molecule has 1 aliphatic heterocycles. The molecule has 0 radical (unpaired) electrons. The SMILES string of the molecule is NCC1Sc2ccccc2NC1C(=O)CCCO. The molecule has 0 aliphatic carbocycles. The van der Waals surface area contributed by atoms with Crippen LogP contribution < -0.4 is 11.1 Å². The van der Waals surface area contributed by atoms with Gasteiger partial charge in [-0.3, -0.25) is 4.79 Å². The predicted octanol–water partition coefficient (Wildman–Crippen LogP) is 1.24. The van der Waals surface area contributed by atoms with Gasteiger partial charge in [-0.05, 0) is 18.6 Å². The van der Waals surface area contributed by atoms with E-state index >= 15 is 0 Å². The Kier molecular flexibility index (Phi) is 4.63. The van der Waals surface area contributed by atoms with Crippen LogP contribution in [0.25, 0.3) is 0 Å². The molecule has 2 atom stereocenters. The number of nitrogens with two attached hydrogens (primary N) is 1. The lowest BCUT2D eigenvalue weighted by Gasteiger charge is -2.32. The number of benzene rings is 1. The number of carbonyl (C=O) groups is 1. The van der Waals surface area contributed by atoms with Crippen LogP contribution in [0.2, 0.25) is 0 Å². The fourth-order valence-corrected chi connectivity index (χ4v) is 3.25. The first-order valence-corrected chi connectivity index (χ1v) is 7.00. The third-order valence-electron chi connectivity index (χ3n) is 3.01. The average molecular weight is 266 g/mol. The fourth-order valence-electron chi connectivity index (χ4n) is 2.06. The van der Waals surface area contributed by atoms with Gasteiger partial charge in [0.15, 0.2) is 5.78 Å². The molecule has 0 spiro atoms. The highest BCUT2D eigenvalue weighted by atomic mass is 32.2. The topological polar surface area (TPSA) is 75.3 Å². The summed E-state index contributed by atoms with van der Waals surface area (Å²) in [4.78, 5) is 13.2. The number of Topliss-reactive ketones (excluding diaryl/α,β-unsaturated/α-hetero) is 1. The minimum atomic E-state index is -0.249. The van der Waals surface area contributed by atoms with Crippen LogP contribution in [0.1, 0.15) is 12.8 Å². The summed E-state index contributed by atoms with van der Waals surface area (Å²) in [6.07, 6.45) is 0.911. The van der Waals surface area contributed by atoms with Crippen molar-refractivity contribution in [2.45, 2.75) is 29.0 Å². The van der Waals surface area contributed by atoms with E-state index in [-0.39, 0.29) is 23.7 Å². The summed E-state index contributed by atoms with van der Waals surface area (Å²) in [5, 5.41) is 12.1. The van der Waals surface area contributed by atoms with E-state index in [1.165, 1.54) is 0 Å². The molecule has 0 saturated heterocycles. The Labute approximate surface area is 111 Å². The van der Waals surface area contributed by atoms with Gasteiger partial charge in [0.25, 0.3) is 0 Å². The van der Waals surface area contributed by atoms with Crippen molar-refractivity contribution >= 4 is 23.2 Å². The Balaban J connectivity index is 2.13. The molecule has 0 amide bonds. The molecule has 0 saturated carbocycles. The van der Waals surface area contributed by atoms with Gasteiger partial charge in [-0.15, -0.1) is 11.8 Å². The van der Waals surface area contributed by atoms with Crippen LogP contribution >= 0.6 is 11.8 Å². The van der Waals surface area contributed by atoms with Gasteiger partial charge in [0, 0.05) is 35.4 Å². The van der Waals surface area contributed by atoms with Crippen molar-refractivity contribution in [3.63, 3.8) is 0 Å². The molecule has 5 heteroatoms. The van der Waals surface area contributed by atoms with Gasteiger partial charge in [-0.25, -0.2) is 0 Å². The van der Waals surface area contributed by atoms with E-state index in [4.69, 9.17) is 10.8 Å². The van der Waals surface area contributed by atoms with E-state index in [2.05, 4.69) is 5.32 Å². The molecule has 4 nitrogen and oxygen atoms in total. The number of anilines is 1. The first-order chi connectivity index (χ1) is 8.76. The van der Waals surface area contributed by atoms with Gasteiger partial charge in [-0.1, -0.05) is 12.1 Å². The van der Waals surface area contributed by atoms with Crippen LogP contribution in [-0.4, -0.2) is 35.3 Å². The predicted molar refractivity (Wildman–Crippen MR) is 73.9 cm³/mol. The van der Waals surface area contributed by atoms with Crippen LogP contribution in [-0.2, 0) is 4.79 Å². The zero-order valence-corrected chi connectivity index (χ0v) is 11.0. The number of aliphatic hydroxyl groups excluding tert-OH is 1. The zero-order valence-electron chi connectivity index (χ0n) is 10.1. The van der Waals surface area contributed by atoms with Gasteiger partial charge < -0.3 is 16.2 Å². The molecular weight excluding hydrogens is 248 g/mol. The van der Waals surface area contributed by atoms with Crippen molar-refractivity contribution in [2.24, 2.45) is 5.73 Å². The van der Waals surface area contributed by atoms with Gasteiger partial charge >= 0.3 is 0 Å². The number of rotatable bonds is 5. The third-order valence-corrected chi connectivity index (χ3v) is 4.39. The summed E-state index contributed by atoms with van der Waals surface area (Å²) in [6, 6.07) is 7.69. The minimum Gasteiger partial charge on any atom is -0.396 e. The van der Waals surface area contributed by atoms with Crippen LogP contribution in [0.4, 0.5) is 5.69 Å². The largest absolute Gasteiger partial charge is 0.396 e. The highest BCUT2D eigenvalue weighted by Gasteiger charge is 2.32. The standard InChI is InChI=1S/C13H18N2O2S/c14-8-12-13(10(17)5-3-7-16)15-9-4-1-2-6-11(9)18-12/h1-2,4,6,12-13,15-16H,3,5,7-8,14H2. The van der Waals surface area contributed by atoms with Crippen LogP contribution in [0.15, 0.2) is 29.2 Å². The Bertz CT molecular complexity index is 425. The summed E-state index contributed by atoms with van der Waals surface area (Å²) in [7, 11) is 0. The van der Waals surface area contributed by atoms with E-state index in [0.29, 0.717) is 19.4 Å². The lowest BCUT2D eigenvalue weighted by atomic mass is 10.0. The summed E-state index contributed by atoms with van der Waals surface area (Å²) < 4.78 is 0. The van der Waals surface area contributed by atoms with Crippen molar-refractivity contribution in [3.05, 3.63) is 24.3 Å². The van der Waals surface area contributed by atoms with Gasteiger partial charge in [-0.2, -0.15) is 0 Å². The molecule has 1 aliphatic rings. The van der Waals surface area contributed by atoms with Crippen molar-refractivity contribution in [2.75, 3.05) is 18.5 Å². The number of hydrogen-bond donors (Lipinski definition) is 3. The van der Waals surface area contributed by atoms with Crippen molar-refractivity contribution in [3.8, 4) is 0 Å². The van der Waals surface area contributed by atoms with Gasteiger partial charge in [0.1, 0.15) is 0 Å². The summed E-state index contributed by atoms with van der Waals surface area (Å²) in [5.74, 6) is 0.126. The molecule has 1 heterocycles. The highest BCUT2D eigenvalue weighted by Crippen LogP contribution is 2.37. The maximum absolute atomic E-state index is 12.1. The van der Waals surface area contributed by atoms with Crippen molar-refractivity contribution in [1.29, 1.82) is 0 Å². The Morgan fingerprint density at radius 3 is 2.94 bits per heavy atom. The number of ketones is 1. The number of thioether (sulfide) groups is 1. The summed E-state index contributed by atoms with van der Waals surface area (Å²) in [6.45, 7) is 0.511. The van der Waals surface area contributed by atoms with E-state index in [0.717, 1.165) is 10.6 Å². The first-order valence-electron chi connectivity index (χ1n) is 6.12. The quantitative estimate of drug-likeness (QED) is 0.747. The number of aliphatic hydroxyl groups is 1. The third kappa shape index (κ3) is 2.85. The molecule has 0 bridgehead atoms. The smallest absolute Gasteiger partial charge is 0.156 e. The van der Waals surface area contributed by atoms with Gasteiger partial charge in [0.2, 0.25) is 0 Å². The number of nitrogens with one attached hydrogen (secondary N) is 1. The minimum absolute atomic E-state index is 0.0511. The Morgan fingerprint density at radius 2 is 2.22 bits per heavy atom. The number of hydrogen-bond acceptors (Lipinski definition) is 5. The molecule has 1 aromatic carbocycles. The van der Waals surface area contributed by atoms with Crippen LogP contribution in [0, 0.1) is 0 Å². The van der Waals surface area contributed by atoms with E-state index in [1.807, 2.05) is 24.3 Å². The van der Waals surface area contributed by atoms with Crippen LogP contribution in [0.3, 0.4) is 0 Å². The second-order valence-electron chi connectivity index (χ2n) is 4.30. The molecule has 18 heavy (non-hydrogen) atoms. The van der Waals surface area contributed by atoms with E-state index < -0.39 is 0 Å². The first kappa shape index (κ1) is 13.4. The van der Waals surface area contributed by atoms with Gasteiger partial charge in [0.05, 0.1) is 6.04 Å². The molecule has 2 rings (SSSR count). The summed E-state index contributed by atoms with van der Waals surface area (Å²) >= 11 is 1.66. The maximum atomic E-state index is 12.1. The molecule has 4 N–H and O–H groups in total. The average Bonchev–Trinajstić information content (AvgIpc) is 2.43. The lowest BCUT2D eigenvalue weighted by molar-refractivity contribution is -0.120. The second-order valence-corrected chi connectivity index (χ2v) is 5.58. The Hall–Kier alpha value is -1.04. The van der Waals surface area contributed by atoms with Crippen molar-refractivity contribution < 1.29 is 9.90 Å². The molecule has 0 aromatic heterocycles. The van der Waals surface area contributed by atoms with Crippen LogP contribution in [0.5, 0.6) is 0 Å². The molecule has 2 unspecified atom stereocenters. The molecular formula is C13H18N2O2S. The molecule has 98 valence electrons. The fraction of sp³-hybridized carbons (Fsp3) is 0.462. The lowest BCUT2D eigenvalue weighted by Crippen LogP contribution is -2.45. The van der Waals surface area contributed by atoms with E-state index in [9.17, 15) is 4.79 Å². The number of fused-ring (bicyclic) bond motifs is 1. The molecule has 1 aromatic rings. The van der Waals surface area contributed by atoms with Crippen molar-refractivity contribution in [1.82, 2.24) is 0 Å².